The van der Waals surface area contributed by atoms with Gasteiger partial charge in [-0.15, -0.1) is 0 Å². The van der Waals surface area contributed by atoms with Crippen LogP contribution in [0.25, 0.3) is 0 Å². The molecule has 1 fully saturated rings. The first-order valence-electron chi connectivity index (χ1n) is 6.67. The minimum atomic E-state index is -0.914. The highest BCUT2D eigenvalue weighted by Crippen LogP contribution is 2.38. The Morgan fingerprint density at radius 3 is 2.30 bits per heavy atom. The molecule has 0 N–H and O–H groups in total. The fourth-order valence-corrected chi connectivity index (χ4v) is 2.37. The summed E-state index contributed by atoms with van der Waals surface area (Å²) in [7, 11) is -0.914. The zero-order valence-corrected chi connectivity index (χ0v) is 13.8. The van der Waals surface area contributed by atoms with E-state index in [-0.39, 0.29) is 5.73 Å². The highest BCUT2D eigenvalue weighted by molar-refractivity contribution is 9.10. The standard InChI is InChI=1S/C15H19BBrFO2/c1-14(2)15(3,4)20-16(19-14)13(18)10-9-11-7-5-6-8-12(11)17/h5-8,10H,9H2,1-4H3. The largest absolute Gasteiger partial charge is 0.524 e. The lowest BCUT2D eigenvalue weighted by Gasteiger charge is -2.32. The second-order valence-corrected chi connectivity index (χ2v) is 6.83. The molecule has 1 saturated heterocycles. The van der Waals surface area contributed by atoms with Crippen molar-refractivity contribution in [2.75, 3.05) is 0 Å². The van der Waals surface area contributed by atoms with Crippen LogP contribution in [-0.2, 0) is 15.7 Å². The summed E-state index contributed by atoms with van der Waals surface area (Å²) in [5.74, 6) is 0. The van der Waals surface area contributed by atoms with Crippen molar-refractivity contribution in [1.82, 2.24) is 0 Å². The predicted molar refractivity (Wildman–Crippen MR) is 83.1 cm³/mol. The highest BCUT2D eigenvalue weighted by atomic mass is 79.9. The average molecular weight is 341 g/mol. The zero-order valence-electron chi connectivity index (χ0n) is 12.2. The van der Waals surface area contributed by atoms with Crippen LogP contribution < -0.4 is 0 Å². The van der Waals surface area contributed by atoms with Crippen molar-refractivity contribution in [3.63, 3.8) is 0 Å². The molecular weight excluding hydrogens is 322 g/mol. The highest BCUT2D eigenvalue weighted by Gasteiger charge is 2.52. The Hall–Kier alpha value is -0.645. The van der Waals surface area contributed by atoms with Crippen molar-refractivity contribution < 1.29 is 13.7 Å². The summed E-state index contributed by atoms with van der Waals surface area (Å²) in [6.45, 7) is 7.64. The summed E-state index contributed by atoms with van der Waals surface area (Å²) in [5.41, 5.74) is -0.384. The van der Waals surface area contributed by atoms with Gasteiger partial charge in [0, 0.05) is 4.47 Å². The van der Waals surface area contributed by atoms with E-state index in [0.29, 0.717) is 6.42 Å². The van der Waals surface area contributed by atoms with Gasteiger partial charge >= 0.3 is 7.12 Å². The Bertz CT molecular complexity index is 512. The molecule has 0 aromatic heterocycles. The lowest BCUT2D eigenvalue weighted by molar-refractivity contribution is 0.00578. The van der Waals surface area contributed by atoms with E-state index in [1.165, 1.54) is 6.08 Å². The van der Waals surface area contributed by atoms with Gasteiger partial charge in [-0.25, -0.2) is 4.39 Å². The summed E-state index contributed by atoms with van der Waals surface area (Å²) in [6.07, 6.45) is 2.01. The van der Waals surface area contributed by atoms with Crippen LogP contribution in [0.5, 0.6) is 0 Å². The van der Waals surface area contributed by atoms with Crippen molar-refractivity contribution in [3.8, 4) is 0 Å². The number of allylic oxidation sites excluding steroid dienone is 1. The normalized spacial score (nSPS) is 21.3. The van der Waals surface area contributed by atoms with E-state index in [1.54, 1.807) is 0 Å². The Morgan fingerprint density at radius 2 is 1.75 bits per heavy atom. The van der Waals surface area contributed by atoms with Gasteiger partial charge in [-0.2, -0.15) is 0 Å². The smallest absolute Gasteiger partial charge is 0.398 e. The average Bonchev–Trinajstić information content (AvgIpc) is 2.57. The van der Waals surface area contributed by atoms with Gasteiger partial charge in [-0.1, -0.05) is 40.2 Å². The summed E-state index contributed by atoms with van der Waals surface area (Å²) in [6, 6.07) is 7.76. The Morgan fingerprint density at radius 1 is 1.20 bits per heavy atom. The molecule has 1 aliphatic heterocycles. The van der Waals surface area contributed by atoms with Crippen LogP contribution in [-0.4, -0.2) is 18.3 Å². The van der Waals surface area contributed by atoms with Crippen molar-refractivity contribution >= 4 is 23.0 Å². The molecule has 0 bridgehead atoms. The third kappa shape index (κ3) is 3.16. The number of rotatable bonds is 3. The maximum absolute atomic E-state index is 14.2. The molecule has 5 heteroatoms. The second-order valence-electron chi connectivity index (χ2n) is 5.97. The van der Waals surface area contributed by atoms with Crippen molar-refractivity contribution in [3.05, 3.63) is 46.1 Å². The van der Waals surface area contributed by atoms with Gasteiger partial charge in [0.2, 0.25) is 0 Å². The second kappa shape index (κ2) is 5.62. The fraction of sp³-hybridized carbons (Fsp3) is 0.467. The zero-order chi connectivity index (χ0) is 15.0. The number of hydrogen-bond acceptors (Lipinski definition) is 2. The van der Waals surface area contributed by atoms with Crippen LogP contribution in [0.3, 0.4) is 0 Å². The van der Waals surface area contributed by atoms with Crippen LogP contribution in [0, 0.1) is 0 Å². The van der Waals surface area contributed by atoms with E-state index >= 15 is 0 Å². The molecule has 0 unspecified atom stereocenters. The quantitative estimate of drug-likeness (QED) is 0.755. The van der Waals surface area contributed by atoms with E-state index in [4.69, 9.17) is 9.31 Å². The van der Waals surface area contributed by atoms with Gasteiger partial charge in [0.05, 0.1) is 11.2 Å². The van der Waals surface area contributed by atoms with Gasteiger partial charge in [0.25, 0.3) is 0 Å². The predicted octanol–water partition coefficient (Wildman–Crippen LogP) is 4.48. The topological polar surface area (TPSA) is 18.5 Å². The SMILES string of the molecule is CC1(C)OB(C(F)=CCc2ccccc2Br)OC1(C)C. The summed E-state index contributed by atoms with van der Waals surface area (Å²) >= 11 is 3.45. The van der Waals surface area contributed by atoms with Gasteiger partial charge in [-0.3, -0.25) is 0 Å². The van der Waals surface area contributed by atoms with E-state index < -0.39 is 18.3 Å². The van der Waals surface area contributed by atoms with Crippen LogP contribution in [0.2, 0.25) is 0 Å². The molecule has 108 valence electrons. The van der Waals surface area contributed by atoms with Crippen LogP contribution in [0.15, 0.2) is 40.5 Å². The van der Waals surface area contributed by atoms with Crippen molar-refractivity contribution in [2.24, 2.45) is 0 Å². The molecule has 0 spiro atoms. The summed E-state index contributed by atoms with van der Waals surface area (Å²) in [5, 5.41) is 0. The fourth-order valence-electron chi connectivity index (χ4n) is 1.92. The maximum Gasteiger partial charge on any atom is 0.524 e. The first kappa shape index (κ1) is 15.7. The first-order chi connectivity index (χ1) is 9.23. The van der Waals surface area contributed by atoms with Crippen LogP contribution in [0.1, 0.15) is 33.3 Å². The van der Waals surface area contributed by atoms with E-state index in [0.717, 1.165) is 10.0 Å². The maximum atomic E-state index is 14.2. The number of benzene rings is 1. The number of hydrogen-bond donors (Lipinski definition) is 0. The summed E-state index contributed by atoms with van der Waals surface area (Å²) in [4.78, 5) is 0. The Kier molecular flexibility index (Phi) is 4.43. The third-order valence-electron chi connectivity index (χ3n) is 3.95. The minimum Gasteiger partial charge on any atom is -0.398 e. The summed E-state index contributed by atoms with van der Waals surface area (Å²) < 4.78 is 26.5. The Labute approximate surface area is 128 Å². The van der Waals surface area contributed by atoms with Gasteiger partial charge in [0.15, 0.2) is 0 Å². The molecule has 0 amide bonds. The molecule has 20 heavy (non-hydrogen) atoms. The molecule has 0 radical (unpaired) electrons. The molecule has 0 saturated carbocycles. The van der Waals surface area contributed by atoms with E-state index in [1.807, 2.05) is 52.0 Å². The molecular formula is C15H19BBrFO2. The first-order valence-corrected chi connectivity index (χ1v) is 7.47. The molecule has 1 aromatic rings. The van der Waals surface area contributed by atoms with E-state index in [2.05, 4.69) is 15.9 Å². The van der Waals surface area contributed by atoms with Crippen molar-refractivity contribution in [1.29, 1.82) is 0 Å². The molecule has 2 rings (SSSR count). The third-order valence-corrected chi connectivity index (χ3v) is 4.73. The van der Waals surface area contributed by atoms with Gasteiger partial charge < -0.3 is 9.31 Å². The van der Waals surface area contributed by atoms with Crippen LogP contribution >= 0.6 is 15.9 Å². The molecule has 2 nitrogen and oxygen atoms in total. The molecule has 1 aromatic carbocycles. The number of halogens is 2. The molecule has 1 heterocycles. The molecule has 0 atom stereocenters. The van der Waals surface area contributed by atoms with E-state index in [9.17, 15) is 4.39 Å². The van der Waals surface area contributed by atoms with Gasteiger partial charge in [-0.05, 0) is 45.7 Å². The lowest BCUT2D eigenvalue weighted by atomic mass is 9.87. The molecule has 1 aliphatic rings. The lowest BCUT2D eigenvalue weighted by Crippen LogP contribution is -2.41. The Balaban J connectivity index is 2.08. The van der Waals surface area contributed by atoms with Crippen LogP contribution in [0.4, 0.5) is 4.39 Å². The molecule has 0 aliphatic carbocycles. The van der Waals surface area contributed by atoms with Gasteiger partial charge in [0.1, 0.15) is 5.73 Å². The monoisotopic (exact) mass is 340 g/mol. The minimum absolute atomic E-state index is 0.376. The van der Waals surface area contributed by atoms with Crippen molar-refractivity contribution in [2.45, 2.75) is 45.3 Å².